The normalized spacial score (nSPS) is 14.0. The zero-order valence-corrected chi connectivity index (χ0v) is 9.37. The zero-order chi connectivity index (χ0) is 12.0. The lowest BCUT2D eigenvalue weighted by atomic mass is 9.94. The van der Waals surface area contributed by atoms with Crippen molar-refractivity contribution in [3.8, 4) is 0 Å². The predicted molar refractivity (Wildman–Crippen MR) is 60.4 cm³/mol. The maximum absolute atomic E-state index is 11.2. The van der Waals surface area contributed by atoms with Gasteiger partial charge in [-0.1, -0.05) is 0 Å². The number of Topliss-reactive ketones (excluding diaryl/α,β-unsaturated/α-hetero) is 2. The summed E-state index contributed by atoms with van der Waals surface area (Å²) < 4.78 is 0. The lowest BCUT2D eigenvalue weighted by Gasteiger charge is -2.11. The van der Waals surface area contributed by atoms with Gasteiger partial charge in [0.05, 0.1) is 17.3 Å². The van der Waals surface area contributed by atoms with Crippen LogP contribution in [0.4, 0.5) is 0 Å². The molecule has 5 nitrogen and oxygen atoms in total. The van der Waals surface area contributed by atoms with Crippen molar-refractivity contribution in [1.82, 2.24) is 0 Å². The van der Waals surface area contributed by atoms with Crippen molar-refractivity contribution in [3.63, 3.8) is 0 Å². The van der Waals surface area contributed by atoms with E-state index in [1.807, 2.05) is 0 Å². The number of aliphatic imine (C=N–C) groups is 2. The van der Waals surface area contributed by atoms with Gasteiger partial charge in [-0.25, -0.2) is 0 Å². The van der Waals surface area contributed by atoms with Gasteiger partial charge in [0.15, 0.2) is 11.6 Å². The van der Waals surface area contributed by atoms with Crippen LogP contribution < -0.4 is 0 Å². The Morgan fingerprint density at radius 2 is 1.73 bits per heavy atom. The number of rotatable bonds is 5. The Labute approximate surface area is 88.8 Å². The molecule has 0 saturated heterocycles. The first kappa shape index (κ1) is 13.4. The first-order valence-electron chi connectivity index (χ1n) is 4.45. The molecule has 0 spiro atoms. The number of hydrogen-bond donors (Lipinski definition) is 1. The van der Waals surface area contributed by atoms with Gasteiger partial charge in [-0.2, -0.15) is 0 Å². The van der Waals surface area contributed by atoms with E-state index in [-0.39, 0.29) is 23.0 Å². The van der Waals surface area contributed by atoms with Crippen molar-refractivity contribution in [2.45, 2.75) is 13.8 Å². The second-order valence-electron chi connectivity index (χ2n) is 3.02. The van der Waals surface area contributed by atoms with Gasteiger partial charge in [0.25, 0.3) is 0 Å². The summed E-state index contributed by atoms with van der Waals surface area (Å²) in [6.45, 7) is 2.64. The molecule has 0 amide bonds. The molecule has 0 bridgehead atoms. The highest BCUT2D eigenvalue weighted by molar-refractivity contribution is 6.55. The maximum atomic E-state index is 11.2. The van der Waals surface area contributed by atoms with Crippen molar-refractivity contribution in [2.24, 2.45) is 15.9 Å². The van der Waals surface area contributed by atoms with E-state index in [0.29, 0.717) is 0 Å². The topological polar surface area (TPSA) is 82.7 Å². The predicted octanol–water partition coefficient (Wildman–Crippen LogP) is 0.572. The average Bonchev–Trinajstić information content (AvgIpc) is 2.15. The smallest absolute Gasteiger partial charge is 0.174 e. The minimum Gasteiger partial charge on any atom is -0.301 e. The molecule has 0 saturated carbocycles. The van der Waals surface area contributed by atoms with Crippen molar-refractivity contribution >= 4 is 29.2 Å². The molecule has 0 radical (unpaired) electrons. The summed E-state index contributed by atoms with van der Waals surface area (Å²) in [5.74, 6) is -1.37. The fourth-order valence-corrected chi connectivity index (χ4v) is 1.17. The van der Waals surface area contributed by atoms with Gasteiger partial charge in [0.1, 0.15) is 0 Å². The minimum atomic E-state index is -0.727. The minimum absolute atomic E-state index is 0.170. The monoisotopic (exact) mass is 209 g/mol. The Balaban J connectivity index is 5.22. The molecular formula is C10H15N3O2. The van der Waals surface area contributed by atoms with E-state index in [4.69, 9.17) is 5.41 Å². The van der Waals surface area contributed by atoms with E-state index >= 15 is 0 Å². The Kier molecular flexibility index (Phi) is 5.30. The highest BCUT2D eigenvalue weighted by Gasteiger charge is 2.24. The van der Waals surface area contributed by atoms with Crippen molar-refractivity contribution in [1.29, 1.82) is 5.41 Å². The van der Waals surface area contributed by atoms with Crippen molar-refractivity contribution in [3.05, 3.63) is 0 Å². The van der Waals surface area contributed by atoms with E-state index in [1.165, 1.54) is 34.2 Å². The van der Waals surface area contributed by atoms with Crippen LogP contribution in [0.15, 0.2) is 9.98 Å². The summed E-state index contributed by atoms with van der Waals surface area (Å²) in [7, 11) is 2.98. The van der Waals surface area contributed by atoms with Crippen LogP contribution in [-0.4, -0.2) is 43.3 Å². The standard InChI is InChI=1S/C10H15N3O2/c1-6(14)9(11)8(5-12-3)10(13-4)7(2)15/h5,8,11H,1-4H3. The highest BCUT2D eigenvalue weighted by Crippen LogP contribution is 2.03. The lowest BCUT2D eigenvalue weighted by molar-refractivity contribution is -0.111. The molecule has 0 aromatic rings. The molecule has 1 N–H and O–H groups in total. The van der Waals surface area contributed by atoms with Crippen LogP contribution in [0, 0.1) is 11.3 Å². The second kappa shape index (κ2) is 5.95. The van der Waals surface area contributed by atoms with Gasteiger partial charge < -0.3 is 5.41 Å². The largest absolute Gasteiger partial charge is 0.301 e. The number of carbonyl (C=O) groups is 2. The van der Waals surface area contributed by atoms with Crippen LogP contribution in [0.1, 0.15) is 13.8 Å². The number of nitrogens with zero attached hydrogens (tertiary/aromatic N) is 2. The Morgan fingerprint density at radius 1 is 1.20 bits per heavy atom. The van der Waals surface area contributed by atoms with Gasteiger partial charge in [-0.15, -0.1) is 0 Å². The molecule has 0 aliphatic heterocycles. The van der Waals surface area contributed by atoms with Crippen LogP contribution in [0.5, 0.6) is 0 Å². The van der Waals surface area contributed by atoms with Crippen LogP contribution in [0.25, 0.3) is 0 Å². The summed E-state index contributed by atoms with van der Waals surface area (Å²) in [6.07, 6.45) is 1.38. The molecule has 0 aliphatic rings. The van der Waals surface area contributed by atoms with Crippen LogP contribution in [0.3, 0.4) is 0 Å². The lowest BCUT2D eigenvalue weighted by Crippen LogP contribution is -2.33. The van der Waals surface area contributed by atoms with E-state index < -0.39 is 5.92 Å². The maximum Gasteiger partial charge on any atom is 0.174 e. The third-order valence-electron chi connectivity index (χ3n) is 1.88. The molecule has 5 heteroatoms. The van der Waals surface area contributed by atoms with Crippen molar-refractivity contribution < 1.29 is 9.59 Å². The molecule has 1 atom stereocenters. The zero-order valence-electron chi connectivity index (χ0n) is 9.37. The number of nitrogens with one attached hydrogen (secondary N) is 1. The molecule has 1 unspecified atom stereocenters. The fourth-order valence-electron chi connectivity index (χ4n) is 1.17. The van der Waals surface area contributed by atoms with Crippen LogP contribution in [0.2, 0.25) is 0 Å². The second-order valence-corrected chi connectivity index (χ2v) is 3.02. The third-order valence-corrected chi connectivity index (χ3v) is 1.88. The molecule has 0 fully saturated rings. The van der Waals surface area contributed by atoms with E-state index in [1.54, 1.807) is 0 Å². The Bertz CT molecular complexity index is 343. The number of hydrogen-bond acceptors (Lipinski definition) is 5. The van der Waals surface area contributed by atoms with E-state index in [2.05, 4.69) is 9.98 Å². The number of carbonyl (C=O) groups excluding carboxylic acids is 2. The summed E-state index contributed by atoms with van der Waals surface area (Å²) in [4.78, 5) is 29.8. The van der Waals surface area contributed by atoms with Gasteiger partial charge >= 0.3 is 0 Å². The molecule has 0 aromatic heterocycles. The van der Waals surface area contributed by atoms with Crippen LogP contribution >= 0.6 is 0 Å². The van der Waals surface area contributed by atoms with Crippen molar-refractivity contribution in [2.75, 3.05) is 14.1 Å². The van der Waals surface area contributed by atoms with Gasteiger partial charge in [0, 0.05) is 34.2 Å². The summed E-state index contributed by atoms with van der Waals surface area (Å²) in [6, 6.07) is 0. The number of ketones is 2. The molecule has 0 aromatic carbocycles. The molecule has 82 valence electrons. The SMILES string of the molecule is CN=CC(C(=N)C(C)=O)C(=NC)C(C)=O. The molecule has 0 aliphatic carbocycles. The highest BCUT2D eigenvalue weighted by atomic mass is 16.1. The average molecular weight is 209 g/mol. The Morgan fingerprint density at radius 3 is 2.00 bits per heavy atom. The van der Waals surface area contributed by atoms with Gasteiger partial charge in [-0.3, -0.25) is 19.6 Å². The summed E-state index contributed by atoms with van der Waals surface area (Å²) >= 11 is 0. The first-order chi connectivity index (χ1) is 6.95. The molecular weight excluding hydrogens is 194 g/mol. The third kappa shape index (κ3) is 3.53. The van der Waals surface area contributed by atoms with E-state index in [9.17, 15) is 9.59 Å². The quantitative estimate of drug-likeness (QED) is 0.671. The first-order valence-corrected chi connectivity index (χ1v) is 4.45. The van der Waals surface area contributed by atoms with Gasteiger partial charge in [0.2, 0.25) is 0 Å². The summed E-state index contributed by atoms with van der Waals surface area (Å²) in [5, 5.41) is 7.56. The molecule has 15 heavy (non-hydrogen) atoms. The Hall–Kier alpha value is -1.65. The van der Waals surface area contributed by atoms with Crippen LogP contribution in [-0.2, 0) is 9.59 Å². The summed E-state index contributed by atoms with van der Waals surface area (Å²) in [5.41, 5.74) is 0.0113. The van der Waals surface area contributed by atoms with Gasteiger partial charge in [-0.05, 0) is 0 Å². The fraction of sp³-hybridized carbons (Fsp3) is 0.500. The van der Waals surface area contributed by atoms with E-state index in [0.717, 1.165) is 0 Å². The molecule has 0 rings (SSSR count). The molecule has 0 heterocycles.